The van der Waals surface area contributed by atoms with Gasteiger partial charge in [-0.3, -0.25) is 14.1 Å². The van der Waals surface area contributed by atoms with E-state index in [4.69, 9.17) is 19.3 Å². The van der Waals surface area contributed by atoms with Crippen molar-refractivity contribution < 1.29 is 37.9 Å². The maximum Gasteiger partial charge on any atom is 0.469 e. The molecular weight excluding hydrogens is 687 g/mol. The van der Waals surface area contributed by atoms with E-state index in [-0.39, 0.29) is 19.4 Å². The van der Waals surface area contributed by atoms with Gasteiger partial charge in [0, 0.05) is 12.8 Å². The smallest absolute Gasteiger partial charge is 0.462 e. The molecule has 0 aromatic rings. The van der Waals surface area contributed by atoms with Gasteiger partial charge in [-0.15, -0.1) is 0 Å². The number of ether oxygens (including phenoxy) is 2. The van der Waals surface area contributed by atoms with Crippen LogP contribution in [-0.4, -0.2) is 41.0 Å². The van der Waals surface area contributed by atoms with E-state index in [1.165, 1.54) is 135 Å². The summed E-state index contributed by atoms with van der Waals surface area (Å²) in [4.78, 5) is 42.9. The van der Waals surface area contributed by atoms with Crippen molar-refractivity contribution in [2.45, 2.75) is 232 Å². The van der Waals surface area contributed by atoms with Crippen LogP contribution >= 0.6 is 7.82 Å². The second kappa shape index (κ2) is 40.2. The van der Waals surface area contributed by atoms with E-state index in [9.17, 15) is 14.2 Å². The summed E-state index contributed by atoms with van der Waals surface area (Å²) in [5, 5.41) is 0. The molecule has 312 valence electrons. The molecule has 0 heterocycles. The summed E-state index contributed by atoms with van der Waals surface area (Å²) in [5.74, 6) is -0.883. The van der Waals surface area contributed by atoms with Gasteiger partial charge in [0.1, 0.15) is 6.61 Å². The van der Waals surface area contributed by atoms with Gasteiger partial charge in [-0.25, -0.2) is 4.57 Å². The van der Waals surface area contributed by atoms with E-state index in [2.05, 4.69) is 42.7 Å². The second-order valence-electron chi connectivity index (χ2n) is 15.0. The molecule has 0 bridgehead atoms. The lowest BCUT2D eigenvalue weighted by molar-refractivity contribution is -0.161. The molecule has 0 aromatic carbocycles. The third-order valence-electron chi connectivity index (χ3n) is 9.72. The predicted molar refractivity (Wildman–Crippen MR) is 221 cm³/mol. The number of hydrogen-bond donors (Lipinski definition) is 2. The number of esters is 2. The Morgan fingerprint density at radius 3 is 1.28 bits per heavy atom. The van der Waals surface area contributed by atoms with Crippen LogP contribution in [0.2, 0.25) is 0 Å². The number of allylic oxidation sites excluding steroid dienone is 4. The van der Waals surface area contributed by atoms with E-state index >= 15 is 0 Å². The highest BCUT2D eigenvalue weighted by Crippen LogP contribution is 2.36. The third-order valence-corrected chi connectivity index (χ3v) is 10.2. The molecule has 0 saturated carbocycles. The van der Waals surface area contributed by atoms with E-state index in [1.54, 1.807) is 0 Å². The molecule has 0 aliphatic rings. The zero-order valence-corrected chi connectivity index (χ0v) is 35.3. The summed E-state index contributed by atoms with van der Waals surface area (Å²) < 4.78 is 26.4. The van der Waals surface area contributed by atoms with Gasteiger partial charge in [-0.05, 0) is 44.9 Å². The Morgan fingerprint density at radius 2 is 0.849 bits per heavy atom. The molecule has 0 aliphatic carbocycles. The molecular formula is C44H83O8P. The second-order valence-corrected chi connectivity index (χ2v) is 16.3. The van der Waals surface area contributed by atoms with Crippen LogP contribution in [0.15, 0.2) is 24.3 Å². The minimum absolute atomic E-state index is 0.215. The molecule has 0 spiro atoms. The molecule has 2 N–H and O–H groups in total. The Kier molecular flexibility index (Phi) is 39.1. The van der Waals surface area contributed by atoms with Crippen LogP contribution in [0.25, 0.3) is 0 Å². The van der Waals surface area contributed by atoms with Crippen LogP contribution in [0, 0.1) is 0 Å². The van der Waals surface area contributed by atoms with Crippen LogP contribution < -0.4 is 0 Å². The summed E-state index contributed by atoms with van der Waals surface area (Å²) in [5.41, 5.74) is 0. The number of carbonyl (C=O) groups is 2. The summed E-state index contributed by atoms with van der Waals surface area (Å²) in [6, 6.07) is 0. The number of hydrogen-bond acceptors (Lipinski definition) is 6. The lowest BCUT2D eigenvalue weighted by Crippen LogP contribution is -2.29. The average molecular weight is 771 g/mol. The molecule has 0 saturated heterocycles. The highest BCUT2D eigenvalue weighted by molar-refractivity contribution is 7.46. The molecule has 0 aromatic heterocycles. The van der Waals surface area contributed by atoms with E-state index in [0.717, 1.165) is 57.8 Å². The fraction of sp³-hybridized carbons (Fsp3) is 0.864. The van der Waals surface area contributed by atoms with Crippen molar-refractivity contribution in [2.75, 3.05) is 13.2 Å². The SMILES string of the molecule is CCCCC/C=C\C/C=C\CCCCCCCCCC(=O)OC[C@H](COP(=O)(O)O)OC(=O)CCCCCCCCCCCCCCCCCCCC. The normalized spacial score (nSPS) is 12.6. The number of rotatable bonds is 41. The zero-order chi connectivity index (χ0) is 38.9. The van der Waals surface area contributed by atoms with Gasteiger partial charge < -0.3 is 19.3 Å². The number of unbranched alkanes of at least 4 members (excludes halogenated alkanes) is 27. The van der Waals surface area contributed by atoms with Crippen molar-refractivity contribution in [2.24, 2.45) is 0 Å². The minimum atomic E-state index is -4.75. The molecule has 0 rings (SSSR count). The summed E-state index contributed by atoms with van der Waals surface area (Å²) in [6.07, 6.45) is 46.1. The highest BCUT2D eigenvalue weighted by atomic mass is 31.2. The van der Waals surface area contributed by atoms with Gasteiger partial charge >= 0.3 is 19.8 Å². The Hall–Kier alpha value is -1.47. The fourth-order valence-corrected chi connectivity index (χ4v) is 6.77. The first-order chi connectivity index (χ1) is 25.8. The van der Waals surface area contributed by atoms with Crippen LogP contribution in [0.3, 0.4) is 0 Å². The fourth-order valence-electron chi connectivity index (χ4n) is 6.40. The standard InChI is InChI=1S/C44H83O8P/c1-3-5-7-9-11-13-15-17-19-21-23-25-27-29-31-33-35-37-39-44(46)52-42(41-51-53(47,48)49)40-50-43(45)38-36-34-32-30-28-26-24-22-20-18-16-14-12-10-8-6-4-2/h12,14,18,20,42H,3-11,13,15-17,19,21-41H2,1-2H3,(H2,47,48,49)/b14-12-,20-18-/t42-/m1/s1. The molecule has 53 heavy (non-hydrogen) atoms. The van der Waals surface area contributed by atoms with Gasteiger partial charge in [-0.1, -0.05) is 192 Å². The van der Waals surface area contributed by atoms with Crippen molar-refractivity contribution >= 4 is 19.8 Å². The Balaban J connectivity index is 3.87. The quantitative estimate of drug-likeness (QED) is 0.0273. The summed E-state index contributed by atoms with van der Waals surface area (Å²) >= 11 is 0. The van der Waals surface area contributed by atoms with Gasteiger partial charge in [0.05, 0.1) is 6.61 Å². The van der Waals surface area contributed by atoms with Crippen molar-refractivity contribution in [1.82, 2.24) is 0 Å². The maximum atomic E-state index is 12.4. The molecule has 1 atom stereocenters. The van der Waals surface area contributed by atoms with Gasteiger partial charge in [0.25, 0.3) is 0 Å². The lowest BCUT2D eigenvalue weighted by atomic mass is 10.0. The average Bonchev–Trinajstić information content (AvgIpc) is 3.13. The van der Waals surface area contributed by atoms with Crippen molar-refractivity contribution in [3.63, 3.8) is 0 Å². The van der Waals surface area contributed by atoms with Crippen LogP contribution in [0.5, 0.6) is 0 Å². The summed E-state index contributed by atoms with van der Waals surface area (Å²) in [6.45, 7) is 3.68. The van der Waals surface area contributed by atoms with Gasteiger partial charge in [0.2, 0.25) is 0 Å². The monoisotopic (exact) mass is 771 g/mol. The Labute approximate surface area is 326 Å². The van der Waals surface area contributed by atoms with Gasteiger partial charge in [-0.2, -0.15) is 0 Å². The van der Waals surface area contributed by atoms with E-state index < -0.39 is 32.5 Å². The molecule has 0 fully saturated rings. The Morgan fingerprint density at radius 1 is 0.491 bits per heavy atom. The third kappa shape index (κ3) is 43.1. The molecule has 9 heteroatoms. The number of phosphoric ester groups is 1. The van der Waals surface area contributed by atoms with Crippen LogP contribution in [-0.2, 0) is 28.2 Å². The van der Waals surface area contributed by atoms with E-state index in [1.807, 2.05) is 0 Å². The van der Waals surface area contributed by atoms with E-state index in [0.29, 0.717) is 6.42 Å². The molecule has 8 nitrogen and oxygen atoms in total. The molecule has 0 unspecified atom stereocenters. The first kappa shape index (κ1) is 51.5. The molecule has 0 amide bonds. The molecule has 0 aliphatic heterocycles. The largest absolute Gasteiger partial charge is 0.469 e. The lowest BCUT2D eigenvalue weighted by Gasteiger charge is -2.18. The predicted octanol–water partition coefficient (Wildman–Crippen LogP) is 13.6. The topological polar surface area (TPSA) is 119 Å². The van der Waals surface area contributed by atoms with Crippen molar-refractivity contribution in [3.05, 3.63) is 24.3 Å². The Bertz CT molecular complexity index is 915. The summed E-state index contributed by atoms with van der Waals surface area (Å²) in [7, 11) is -4.75. The van der Waals surface area contributed by atoms with Crippen LogP contribution in [0.1, 0.15) is 226 Å². The first-order valence-corrected chi connectivity index (χ1v) is 23.7. The van der Waals surface area contributed by atoms with Crippen molar-refractivity contribution in [1.29, 1.82) is 0 Å². The minimum Gasteiger partial charge on any atom is -0.462 e. The highest BCUT2D eigenvalue weighted by Gasteiger charge is 2.22. The first-order valence-electron chi connectivity index (χ1n) is 22.1. The van der Waals surface area contributed by atoms with Crippen LogP contribution in [0.4, 0.5) is 0 Å². The van der Waals surface area contributed by atoms with Crippen molar-refractivity contribution in [3.8, 4) is 0 Å². The maximum absolute atomic E-state index is 12.4. The number of phosphoric acid groups is 1. The zero-order valence-electron chi connectivity index (χ0n) is 34.4. The number of carbonyl (C=O) groups excluding carboxylic acids is 2. The van der Waals surface area contributed by atoms with Gasteiger partial charge in [0.15, 0.2) is 6.10 Å². The molecule has 0 radical (unpaired) electrons.